The molecule has 1 aromatic heterocycles. The van der Waals surface area contributed by atoms with Gasteiger partial charge in [0.2, 0.25) is 6.54 Å². The molecule has 1 N–H and O–H groups in total. The maximum atomic E-state index is 11.2. The zero-order chi connectivity index (χ0) is 11.4. The summed E-state index contributed by atoms with van der Waals surface area (Å²) in [5, 5.41) is 10.2. The van der Waals surface area contributed by atoms with Crippen molar-refractivity contribution < 1.29 is 14.5 Å². The molecule has 0 unspecified atom stereocenters. The fraction of sp³-hybridized carbons (Fsp3) is 0.375. The Morgan fingerprint density at radius 1 is 1.73 bits per heavy atom. The minimum absolute atomic E-state index is 0.181. The third kappa shape index (κ3) is 2.79. The van der Waals surface area contributed by atoms with Gasteiger partial charge in [-0.2, -0.15) is 0 Å². The molecule has 6 nitrogen and oxygen atoms in total. The summed E-state index contributed by atoms with van der Waals surface area (Å²) >= 11 is 3.19. The summed E-state index contributed by atoms with van der Waals surface area (Å²) in [5.41, 5.74) is 0.961. The molecule has 0 radical (unpaired) electrons. The fourth-order valence-corrected chi connectivity index (χ4v) is 1.68. The van der Waals surface area contributed by atoms with E-state index in [4.69, 9.17) is 0 Å². The van der Waals surface area contributed by atoms with E-state index in [1.807, 2.05) is 0 Å². The van der Waals surface area contributed by atoms with Crippen molar-refractivity contribution in [2.45, 2.75) is 6.42 Å². The molecule has 1 heterocycles. The molecule has 0 amide bonds. The minimum atomic E-state index is -0.481. The average Bonchev–Trinajstić information content (AvgIpc) is 2.56. The predicted molar refractivity (Wildman–Crippen MR) is 55.4 cm³/mol. The van der Waals surface area contributed by atoms with Crippen molar-refractivity contribution in [1.29, 1.82) is 0 Å². The summed E-state index contributed by atoms with van der Waals surface area (Å²) < 4.78 is 5.06. The minimum Gasteiger partial charge on any atom is -0.465 e. The number of aromatic amines is 1. The van der Waals surface area contributed by atoms with Crippen LogP contribution in [0.5, 0.6) is 0 Å². The topological polar surface area (TPSA) is 85.2 Å². The SMILES string of the molecule is COC(=O)c1c[nH]c(CC[N+](=O)[O-])c1Br. The number of aromatic nitrogens is 1. The zero-order valence-corrected chi connectivity index (χ0v) is 9.54. The second kappa shape index (κ2) is 4.92. The van der Waals surface area contributed by atoms with Crippen LogP contribution in [-0.2, 0) is 11.2 Å². The van der Waals surface area contributed by atoms with Gasteiger partial charge < -0.3 is 9.72 Å². The van der Waals surface area contributed by atoms with Gasteiger partial charge in [0.15, 0.2) is 0 Å². The number of halogens is 1. The maximum Gasteiger partial charge on any atom is 0.340 e. The highest BCUT2D eigenvalue weighted by Crippen LogP contribution is 2.22. The second-order valence-electron chi connectivity index (χ2n) is 2.79. The smallest absolute Gasteiger partial charge is 0.340 e. The van der Waals surface area contributed by atoms with Crippen LogP contribution in [-0.4, -0.2) is 29.5 Å². The van der Waals surface area contributed by atoms with E-state index in [9.17, 15) is 14.9 Å². The second-order valence-corrected chi connectivity index (χ2v) is 3.59. The predicted octanol–water partition coefficient (Wildman–Crippen LogP) is 1.38. The number of methoxy groups -OCH3 is 1. The molecule has 0 aliphatic heterocycles. The van der Waals surface area contributed by atoms with Crippen molar-refractivity contribution in [1.82, 2.24) is 4.98 Å². The monoisotopic (exact) mass is 276 g/mol. The first-order valence-corrected chi connectivity index (χ1v) is 4.91. The van der Waals surface area contributed by atoms with Gasteiger partial charge in [-0.25, -0.2) is 4.79 Å². The molecule has 0 aliphatic carbocycles. The van der Waals surface area contributed by atoms with Crippen LogP contribution in [0.2, 0.25) is 0 Å². The number of nitro groups is 1. The number of hydrogen-bond acceptors (Lipinski definition) is 4. The van der Waals surface area contributed by atoms with E-state index in [1.165, 1.54) is 13.3 Å². The summed E-state index contributed by atoms with van der Waals surface area (Å²) in [5.74, 6) is -0.481. The Balaban J connectivity index is 2.80. The Bertz CT molecular complexity index is 388. The molecule has 0 saturated heterocycles. The van der Waals surface area contributed by atoms with Gasteiger partial charge in [0, 0.05) is 16.8 Å². The van der Waals surface area contributed by atoms with Gasteiger partial charge in [-0.3, -0.25) is 10.1 Å². The molecule has 0 atom stereocenters. The molecule has 15 heavy (non-hydrogen) atoms. The van der Waals surface area contributed by atoms with Crippen molar-refractivity contribution in [2.75, 3.05) is 13.7 Å². The molecule has 0 spiro atoms. The number of rotatable bonds is 4. The van der Waals surface area contributed by atoms with Crippen LogP contribution in [0.4, 0.5) is 0 Å². The van der Waals surface area contributed by atoms with E-state index in [1.54, 1.807) is 0 Å². The number of nitrogens with zero attached hydrogens (tertiary/aromatic N) is 1. The third-order valence-electron chi connectivity index (χ3n) is 1.84. The van der Waals surface area contributed by atoms with E-state index in [0.29, 0.717) is 15.7 Å². The third-order valence-corrected chi connectivity index (χ3v) is 2.75. The number of esters is 1. The summed E-state index contributed by atoms with van der Waals surface area (Å²) in [6.45, 7) is -0.181. The molecule has 0 fully saturated rings. The number of carbonyl (C=O) groups is 1. The first-order valence-electron chi connectivity index (χ1n) is 4.12. The standard InChI is InChI=1S/C8H9BrN2O4/c1-15-8(12)5-4-10-6(7(5)9)2-3-11(13)14/h4,10H,2-3H2,1H3. The van der Waals surface area contributed by atoms with Crippen LogP contribution in [0.25, 0.3) is 0 Å². The highest BCUT2D eigenvalue weighted by atomic mass is 79.9. The highest BCUT2D eigenvalue weighted by Gasteiger charge is 2.16. The molecular weight excluding hydrogens is 268 g/mol. The summed E-state index contributed by atoms with van der Waals surface area (Å²) in [7, 11) is 1.28. The van der Waals surface area contributed by atoms with Gasteiger partial charge in [0.25, 0.3) is 0 Å². The summed E-state index contributed by atoms with van der Waals surface area (Å²) in [6.07, 6.45) is 1.70. The Morgan fingerprint density at radius 2 is 2.40 bits per heavy atom. The molecule has 1 aromatic rings. The Kier molecular flexibility index (Phi) is 3.84. The van der Waals surface area contributed by atoms with Crippen molar-refractivity contribution in [3.63, 3.8) is 0 Å². The van der Waals surface area contributed by atoms with Gasteiger partial charge >= 0.3 is 5.97 Å². The van der Waals surface area contributed by atoms with Gasteiger partial charge in [0.1, 0.15) is 0 Å². The highest BCUT2D eigenvalue weighted by molar-refractivity contribution is 9.10. The van der Waals surface area contributed by atoms with E-state index < -0.39 is 10.9 Å². The Labute approximate surface area is 93.9 Å². The molecule has 0 aliphatic rings. The van der Waals surface area contributed by atoms with Crippen molar-refractivity contribution in [2.24, 2.45) is 0 Å². The summed E-state index contributed by atoms with van der Waals surface area (Å²) in [4.78, 5) is 23.7. The molecule has 1 rings (SSSR count). The largest absolute Gasteiger partial charge is 0.465 e. The molecule has 0 aromatic carbocycles. The maximum absolute atomic E-state index is 11.2. The van der Waals surface area contributed by atoms with Gasteiger partial charge in [0.05, 0.1) is 23.6 Å². The van der Waals surface area contributed by atoms with Crippen LogP contribution in [0.3, 0.4) is 0 Å². The number of ether oxygens (including phenoxy) is 1. The lowest BCUT2D eigenvalue weighted by Crippen LogP contribution is -2.05. The van der Waals surface area contributed by atoms with Gasteiger partial charge in [-0.15, -0.1) is 0 Å². The van der Waals surface area contributed by atoms with E-state index >= 15 is 0 Å². The molecular formula is C8H9BrN2O4. The van der Waals surface area contributed by atoms with E-state index in [0.717, 1.165) is 0 Å². The molecule has 82 valence electrons. The van der Waals surface area contributed by atoms with Crippen LogP contribution in [0.1, 0.15) is 16.1 Å². The Morgan fingerprint density at radius 3 is 2.93 bits per heavy atom. The first-order chi connectivity index (χ1) is 7.06. The molecule has 0 saturated carbocycles. The number of H-pyrrole nitrogens is 1. The normalized spacial score (nSPS) is 10.0. The van der Waals surface area contributed by atoms with Crippen LogP contribution >= 0.6 is 15.9 Å². The Hall–Kier alpha value is -1.37. The lowest BCUT2D eigenvalue weighted by Gasteiger charge is -1.97. The average molecular weight is 277 g/mol. The van der Waals surface area contributed by atoms with Crippen molar-refractivity contribution in [3.8, 4) is 0 Å². The van der Waals surface area contributed by atoms with Gasteiger partial charge in [-0.1, -0.05) is 0 Å². The molecule has 7 heteroatoms. The molecule has 0 bridgehead atoms. The fourth-order valence-electron chi connectivity index (χ4n) is 1.09. The van der Waals surface area contributed by atoms with Crippen molar-refractivity contribution >= 4 is 21.9 Å². The van der Waals surface area contributed by atoms with E-state index in [2.05, 4.69) is 25.7 Å². The number of nitrogens with one attached hydrogen (secondary N) is 1. The number of carbonyl (C=O) groups excluding carboxylic acids is 1. The lowest BCUT2D eigenvalue weighted by molar-refractivity contribution is -0.479. The first kappa shape index (κ1) is 11.7. The van der Waals surface area contributed by atoms with Crippen LogP contribution in [0.15, 0.2) is 10.7 Å². The lowest BCUT2D eigenvalue weighted by atomic mass is 10.2. The van der Waals surface area contributed by atoms with E-state index in [-0.39, 0.29) is 13.0 Å². The quantitative estimate of drug-likeness (QED) is 0.512. The van der Waals surface area contributed by atoms with Crippen LogP contribution < -0.4 is 0 Å². The van der Waals surface area contributed by atoms with Crippen LogP contribution in [0, 0.1) is 10.1 Å². The zero-order valence-electron chi connectivity index (χ0n) is 7.95. The van der Waals surface area contributed by atoms with Crippen molar-refractivity contribution in [3.05, 3.63) is 32.0 Å². The van der Waals surface area contributed by atoms with Gasteiger partial charge in [-0.05, 0) is 15.9 Å². The number of hydrogen-bond donors (Lipinski definition) is 1. The summed E-state index contributed by atoms with van der Waals surface area (Å²) in [6, 6.07) is 0.